The van der Waals surface area contributed by atoms with Gasteiger partial charge in [0.25, 0.3) is 0 Å². The predicted octanol–water partition coefficient (Wildman–Crippen LogP) is 5.98. The van der Waals surface area contributed by atoms with Crippen LogP contribution in [0.2, 0.25) is 0 Å². The normalized spacial score (nSPS) is 17.6. The number of aromatic nitrogens is 3. The van der Waals surface area contributed by atoms with Crippen molar-refractivity contribution in [3.63, 3.8) is 0 Å². The van der Waals surface area contributed by atoms with Crippen LogP contribution in [0.25, 0.3) is 22.3 Å². The van der Waals surface area contributed by atoms with Gasteiger partial charge in [0.15, 0.2) is 5.82 Å². The predicted molar refractivity (Wildman–Crippen MR) is 163 cm³/mol. The van der Waals surface area contributed by atoms with Crippen molar-refractivity contribution in [2.75, 3.05) is 36.0 Å². The van der Waals surface area contributed by atoms with Crippen LogP contribution in [0.3, 0.4) is 0 Å². The molecule has 0 unspecified atom stereocenters. The Morgan fingerprint density at radius 1 is 1.05 bits per heavy atom. The van der Waals surface area contributed by atoms with Gasteiger partial charge in [-0.1, -0.05) is 38.1 Å². The molecule has 208 valence electrons. The highest BCUT2D eigenvalue weighted by Gasteiger charge is 2.32. The molecular formula is C33H40N6O. The van der Waals surface area contributed by atoms with Crippen LogP contribution in [0.15, 0.2) is 42.6 Å². The van der Waals surface area contributed by atoms with Crippen molar-refractivity contribution in [2.45, 2.75) is 66.5 Å². The van der Waals surface area contributed by atoms with E-state index in [-0.39, 0.29) is 11.9 Å². The largest absolute Gasteiger partial charge is 0.366 e. The molecule has 1 fully saturated rings. The maximum Gasteiger partial charge on any atom is 0.219 e. The molecule has 0 bridgehead atoms. The second kappa shape index (κ2) is 10.3. The summed E-state index contributed by atoms with van der Waals surface area (Å²) in [6, 6.07) is 13.4. The van der Waals surface area contributed by atoms with E-state index in [2.05, 4.69) is 92.0 Å². The Morgan fingerprint density at radius 2 is 1.88 bits per heavy atom. The van der Waals surface area contributed by atoms with Gasteiger partial charge in [0, 0.05) is 86.0 Å². The summed E-state index contributed by atoms with van der Waals surface area (Å²) >= 11 is 0. The van der Waals surface area contributed by atoms with Gasteiger partial charge in [0.05, 0.1) is 5.69 Å². The summed E-state index contributed by atoms with van der Waals surface area (Å²) in [6.45, 7) is 16.6. The van der Waals surface area contributed by atoms with Crippen LogP contribution >= 0.6 is 0 Å². The highest BCUT2D eigenvalue weighted by atomic mass is 16.2. The molecule has 1 amide bonds. The maximum absolute atomic E-state index is 12.2. The molecule has 6 rings (SSSR count). The van der Waals surface area contributed by atoms with E-state index in [1.807, 2.05) is 4.90 Å². The van der Waals surface area contributed by atoms with Crippen LogP contribution in [0.4, 0.5) is 11.5 Å². The van der Waals surface area contributed by atoms with E-state index in [4.69, 9.17) is 9.97 Å². The van der Waals surface area contributed by atoms with Crippen LogP contribution in [-0.2, 0) is 17.8 Å². The fourth-order valence-electron chi connectivity index (χ4n) is 6.39. The van der Waals surface area contributed by atoms with Crippen molar-refractivity contribution >= 4 is 28.3 Å². The number of benzene rings is 2. The van der Waals surface area contributed by atoms with E-state index >= 15 is 0 Å². The summed E-state index contributed by atoms with van der Waals surface area (Å²) < 4.78 is 0. The number of rotatable bonds is 4. The molecule has 0 aliphatic carbocycles. The Bertz CT molecular complexity index is 1590. The first-order valence-corrected chi connectivity index (χ1v) is 14.6. The van der Waals surface area contributed by atoms with Gasteiger partial charge in [-0.15, -0.1) is 0 Å². The Morgan fingerprint density at radius 3 is 2.62 bits per heavy atom. The van der Waals surface area contributed by atoms with Crippen LogP contribution in [-0.4, -0.2) is 58.0 Å². The average molecular weight is 537 g/mol. The molecule has 2 aliphatic rings. The third-order valence-corrected chi connectivity index (χ3v) is 8.77. The van der Waals surface area contributed by atoms with Crippen molar-refractivity contribution in [1.82, 2.24) is 19.9 Å². The molecule has 0 spiro atoms. The number of hydrogen-bond acceptors (Lipinski definition) is 5. The topological polar surface area (TPSA) is 68.4 Å². The van der Waals surface area contributed by atoms with Crippen LogP contribution in [0.1, 0.15) is 61.6 Å². The molecule has 4 aromatic rings. The van der Waals surface area contributed by atoms with Crippen LogP contribution < -0.4 is 9.80 Å². The number of hydrogen-bond donors (Lipinski definition) is 1. The molecule has 7 nitrogen and oxygen atoms in total. The quantitative estimate of drug-likeness (QED) is 0.347. The minimum absolute atomic E-state index is 0.137. The number of piperazine rings is 1. The number of anilines is 2. The van der Waals surface area contributed by atoms with E-state index in [1.165, 1.54) is 33.3 Å². The number of fused-ring (bicyclic) bond motifs is 2. The maximum atomic E-state index is 12.2. The summed E-state index contributed by atoms with van der Waals surface area (Å²) in [5, 5.41) is 1.18. The van der Waals surface area contributed by atoms with Gasteiger partial charge in [-0.3, -0.25) is 4.79 Å². The second-order valence-electron chi connectivity index (χ2n) is 11.9. The lowest BCUT2D eigenvalue weighted by Gasteiger charge is -2.42. The third kappa shape index (κ3) is 4.61. The van der Waals surface area contributed by atoms with Gasteiger partial charge in [-0.25, -0.2) is 9.97 Å². The summed E-state index contributed by atoms with van der Waals surface area (Å²) in [5.74, 6) is 2.42. The molecule has 40 heavy (non-hydrogen) atoms. The zero-order valence-corrected chi connectivity index (χ0v) is 24.6. The molecule has 0 radical (unpaired) electrons. The van der Waals surface area contributed by atoms with E-state index in [0.717, 1.165) is 54.5 Å². The zero-order chi connectivity index (χ0) is 28.1. The molecular weight excluding hydrogens is 496 g/mol. The minimum Gasteiger partial charge on any atom is -0.366 e. The lowest BCUT2D eigenvalue weighted by Crippen LogP contribution is -2.54. The summed E-state index contributed by atoms with van der Waals surface area (Å²) in [5.41, 5.74) is 9.68. The number of aryl methyl sites for hydroxylation is 2. The first-order chi connectivity index (χ1) is 19.2. The summed E-state index contributed by atoms with van der Waals surface area (Å²) in [6.07, 6.45) is 2.93. The Kier molecular flexibility index (Phi) is 6.77. The van der Waals surface area contributed by atoms with Gasteiger partial charge >= 0.3 is 0 Å². The number of carbonyl (C=O) groups is 1. The molecule has 2 aromatic carbocycles. The SMILES string of the molecule is CC(=O)N1CCN(c2nc(-c3cccc4[nH]cc(C)c34)nc3c2CN(c2cc(C(C)C)ccc2C)CC3)[C@H](C)C1. The first kappa shape index (κ1) is 26.4. The second-order valence-corrected chi connectivity index (χ2v) is 11.9. The third-order valence-electron chi connectivity index (χ3n) is 8.77. The van der Waals surface area contributed by atoms with Crippen molar-refractivity contribution in [2.24, 2.45) is 0 Å². The average Bonchev–Trinajstić information content (AvgIpc) is 3.33. The van der Waals surface area contributed by atoms with E-state index in [1.54, 1.807) is 6.92 Å². The van der Waals surface area contributed by atoms with Gasteiger partial charge in [0.2, 0.25) is 5.91 Å². The van der Waals surface area contributed by atoms with E-state index in [0.29, 0.717) is 19.0 Å². The van der Waals surface area contributed by atoms with E-state index in [9.17, 15) is 4.79 Å². The van der Waals surface area contributed by atoms with Gasteiger partial charge in [-0.05, 0) is 55.5 Å². The molecule has 2 aromatic heterocycles. The number of nitrogens with zero attached hydrogens (tertiary/aromatic N) is 5. The minimum atomic E-state index is 0.137. The smallest absolute Gasteiger partial charge is 0.219 e. The molecule has 1 saturated heterocycles. The van der Waals surface area contributed by atoms with Crippen molar-refractivity contribution < 1.29 is 4.79 Å². The number of amides is 1. The number of nitrogens with one attached hydrogen (secondary N) is 1. The van der Waals surface area contributed by atoms with Crippen LogP contribution in [0.5, 0.6) is 0 Å². The monoisotopic (exact) mass is 536 g/mol. The molecule has 1 N–H and O–H groups in total. The number of H-pyrrole nitrogens is 1. The molecule has 7 heteroatoms. The molecule has 2 aliphatic heterocycles. The fourth-order valence-corrected chi connectivity index (χ4v) is 6.39. The highest BCUT2D eigenvalue weighted by Crippen LogP contribution is 2.37. The van der Waals surface area contributed by atoms with E-state index < -0.39 is 0 Å². The molecule has 4 heterocycles. The molecule has 0 saturated carbocycles. The Labute approximate surface area is 237 Å². The van der Waals surface area contributed by atoms with Crippen LogP contribution in [0, 0.1) is 13.8 Å². The van der Waals surface area contributed by atoms with Gasteiger partial charge in [0.1, 0.15) is 5.82 Å². The standard InChI is InChI=1S/C33H40N6O/c1-20(2)25-11-10-21(3)30(16-25)38-13-12-28-27(19-38)33(39-15-14-37(24(6)40)18-23(39)5)36-32(35-28)26-8-7-9-29-31(26)22(4)17-34-29/h7-11,16-17,20,23,34H,12-15,18-19H2,1-6H3/t23-/m1/s1. The highest BCUT2D eigenvalue weighted by molar-refractivity contribution is 5.96. The number of carbonyl (C=O) groups excluding carboxylic acids is 1. The van der Waals surface area contributed by atoms with Crippen molar-refractivity contribution in [1.29, 1.82) is 0 Å². The van der Waals surface area contributed by atoms with Gasteiger partial charge in [-0.2, -0.15) is 0 Å². The summed E-state index contributed by atoms with van der Waals surface area (Å²) in [4.78, 5) is 33.0. The molecule has 1 atom stereocenters. The summed E-state index contributed by atoms with van der Waals surface area (Å²) in [7, 11) is 0. The lowest BCUT2D eigenvalue weighted by molar-refractivity contribution is -0.129. The zero-order valence-electron chi connectivity index (χ0n) is 24.6. The Hall–Kier alpha value is -3.87. The number of aromatic amines is 1. The van der Waals surface area contributed by atoms with Crippen molar-refractivity contribution in [3.8, 4) is 11.4 Å². The first-order valence-electron chi connectivity index (χ1n) is 14.6. The fraction of sp³-hybridized carbons (Fsp3) is 0.424. The Balaban J connectivity index is 1.46. The van der Waals surface area contributed by atoms with Gasteiger partial charge < -0.3 is 19.7 Å². The van der Waals surface area contributed by atoms with Crippen molar-refractivity contribution in [3.05, 3.63) is 70.5 Å². The lowest BCUT2D eigenvalue weighted by atomic mass is 9.97.